The van der Waals surface area contributed by atoms with Gasteiger partial charge in [0.05, 0.1) is 17.7 Å². The maximum atomic E-state index is 12.1. The smallest absolute Gasteiger partial charge is 0.258 e. The highest BCUT2D eigenvalue weighted by atomic mass is 32.1. The quantitative estimate of drug-likeness (QED) is 0.868. The Balaban J connectivity index is 1.50. The van der Waals surface area contributed by atoms with Crippen LogP contribution in [0.2, 0.25) is 0 Å². The molecule has 0 aliphatic heterocycles. The Morgan fingerprint density at radius 1 is 1.22 bits per heavy atom. The average molecular weight is 349 g/mol. The molecule has 0 saturated heterocycles. The summed E-state index contributed by atoms with van der Waals surface area (Å²) >= 11 is 2.82. The summed E-state index contributed by atoms with van der Waals surface area (Å²) in [4.78, 5) is 28.3. The van der Waals surface area contributed by atoms with Gasteiger partial charge in [-0.3, -0.25) is 14.9 Å². The summed E-state index contributed by atoms with van der Waals surface area (Å²) in [6.07, 6.45) is 6.07. The Morgan fingerprint density at radius 3 is 2.78 bits per heavy atom. The van der Waals surface area contributed by atoms with Gasteiger partial charge in [0.15, 0.2) is 5.13 Å². The molecule has 2 amide bonds. The molecule has 2 aromatic rings. The predicted octanol–water partition coefficient (Wildman–Crippen LogP) is 3.45. The van der Waals surface area contributed by atoms with E-state index in [4.69, 9.17) is 0 Å². The van der Waals surface area contributed by atoms with E-state index in [2.05, 4.69) is 15.6 Å². The highest BCUT2D eigenvalue weighted by Gasteiger charge is 2.17. The number of nitrogens with one attached hydrogen (secondary N) is 2. The summed E-state index contributed by atoms with van der Waals surface area (Å²) in [5.41, 5.74) is 1.32. The fourth-order valence-corrected chi connectivity index (χ4v) is 4.04. The van der Waals surface area contributed by atoms with Crippen molar-refractivity contribution >= 4 is 39.6 Å². The average Bonchev–Trinajstić information content (AvgIpc) is 3.20. The summed E-state index contributed by atoms with van der Waals surface area (Å²) < 4.78 is 0. The number of thiophene rings is 1. The van der Waals surface area contributed by atoms with Gasteiger partial charge in [-0.25, -0.2) is 4.98 Å². The fourth-order valence-electron chi connectivity index (χ4n) is 2.70. The third kappa shape index (κ3) is 4.62. The zero-order valence-corrected chi connectivity index (χ0v) is 14.3. The van der Waals surface area contributed by atoms with Crippen molar-refractivity contribution in [3.8, 4) is 0 Å². The molecule has 0 unspecified atom stereocenters. The fraction of sp³-hybridized carbons (Fsp3) is 0.438. The number of carbonyl (C=O) groups is 2. The van der Waals surface area contributed by atoms with Crippen LogP contribution in [0.5, 0.6) is 0 Å². The molecule has 122 valence electrons. The number of hydrogen-bond donors (Lipinski definition) is 2. The largest absolute Gasteiger partial charge is 0.353 e. The van der Waals surface area contributed by atoms with Crippen molar-refractivity contribution < 1.29 is 9.59 Å². The van der Waals surface area contributed by atoms with Gasteiger partial charge in [-0.2, -0.15) is 11.3 Å². The van der Waals surface area contributed by atoms with Crippen molar-refractivity contribution in [1.82, 2.24) is 10.3 Å². The second-order valence-corrected chi connectivity index (χ2v) is 7.33. The molecule has 0 spiro atoms. The molecule has 2 N–H and O–H groups in total. The first-order valence-electron chi connectivity index (χ1n) is 7.78. The lowest BCUT2D eigenvalue weighted by molar-refractivity contribution is -0.121. The molecular weight excluding hydrogens is 330 g/mol. The minimum Gasteiger partial charge on any atom is -0.353 e. The zero-order chi connectivity index (χ0) is 16.1. The van der Waals surface area contributed by atoms with Gasteiger partial charge in [-0.1, -0.05) is 19.3 Å². The number of carbonyl (C=O) groups excluding carboxylic acids is 2. The van der Waals surface area contributed by atoms with E-state index in [0.717, 1.165) is 12.8 Å². The normalized spacial score (nSPS) is 15.3. The first kappa shape index (κ1) is 16.1. The van der Waals surface area contributed by atoms with E-state index in [1.54, 1.807) is 11.4 Å². The Bertz CT molecular complexity index is 661. The highest BCUT2D eigenvalue weighted by molar-refractivity contribution is 7.14. The number of anilines is 1. The Hall–Kier alpha value is -1.73. The van der Waals surface area contributed by atoms with Crippen LogP contribution in [0.25, 0.3) is 0 Å². The van der Waals surface area contributed by atoms with Gasteiger partial charge in [0, 0.05) is 16.8 Å². The van der Waals surface area contributed by atoms with Crippen LogP contribution < -0.4 is 10.6 Å². The van der Waals surface area contributed by atoms with Gasteiger partial charge in [0.1, 0.15) is 0 Å². The van der Waals surface area contributed by atoms with Gasteiger partial charge in [-0.05, 0) is 24.3 Å². The number of rotatable bonds is 5. The first-order valence-corrected chi connectivity index (χ1v) is 9.60. The van der Waals surface area contributed by atoms with Gasteiger partial charge < -0.3 is 5.32 Å². The number of aromatic nitrogens is 1. The van der Waals surface area contributed by atoms with E-state index in [0.29, 0.717) is 22.4 Å². The second kappa shape index (κ2) is 7.70. The summed E-state index contributed by atoms with van der Waals surface area (Å²) in [5, 5.41) is 11.8. The van der Waals surface area contributed by atoms with E-state index < -0.39 is 0 Å². The van der Waals surface area contributed by atoms with Gasteiger partial charge in [0.2, 0.25) is 5.91 Å². The highest BCUT2D eigenvalue weighted by Crippen LogP contribution is 2.19. The standard InChI is InChI=1S/C16H19N3O2S2/c20-14(17-12-4-2-1-3-5-12)8-13-10-23-16(18-13)19-15(21)11-6-7-22-9-11/h6-7,9-10,12H,1-5,8H2,(H,17,20)(H,18,19,21). The van der Waals surface area contributed by atoms with Crippen molar-refractivity contribution in [3.05, 3.63) is 33.5 Å². The van der Waals surface area contributed by atoms with E-state index in [-0.39, 0.29) is 18.2 Å². The van der Waals surface area contributed by atoms with E-state index in [9.17, 15) is 9.59 Å². The molecule has 7 heteroatoms. The molecule has 0 aromatic carbocycles. The minimum atomic E-state index is -0.168. The van der Waals surface area contributed by atoms with Gasteiger partial charge in [0.25, 0.3) is 5.91 Å². The molecule has 5 nitrogen and oxygen atoms in total. The summed E-state index contributed by atoms with van der Waals surface area (Å²) in [5.74, 6) is -0.156. The lowest BCUT2D eigenvalue weighted by atomic mass is 9.95. The molecule has 1 aliphatic carbocycles. The number of amides is 2. The van der Waals surface area contributed by atoms with Crippen LogP contribution in [0.3, 0.4) is 0 Å². The first-order chi connectivity index (χ1) is 11.2. The summed E-state index contributed by atoms with van der Waals surface area (Å²) in [7, 11) is 0. The van der Waals surface area contributed by atoms with E-state index in [1.165, 1.54) is 41.9 Å². The van der Waals surface area contributed by atoms with Crippen LogP contribution >= 0.6 is 22.7 Å². The predicted molar refractivity (Wildman–Crippen MR) is 93.1 cm³/mol. The van der Waals surface area contributed by atoms with Crippen molar-refractivity contribution in [1.29, 1.82) is 0 Å². The van der Waals surface area contributed by atoms with Crippen molar-refractivity contribution in [3.63, 3.8) is 0 Å². The molecule has 2 aromatic heterocycles. The van der Waals surface area contributed by atoms with Crippen LogP contribution in [0.4, 0.5) is 5.13 Å². The minimum absolute atomic E-state index is 0.0120. The van der Waals surface area contributed by atoms with Crippen LogP contribution in [0.15, 0.2) is 22.2 Å². The third-order valence-electron chi connectivity index (χ3n) is 3.87. The van der Waals surface area contributed by atoms with Crippen molar-refractivity contribution in [2.45, 2.75) is 44.6 Å². The molecule has 1 saturated carbocycles. The monoisotopic (exact) mass is 349 g/mol. The van der Waals surface area contributed by atoms with Crippen molar-refractivity contribution in [2.75, 3.05) is 5.32 Å². The molecule has 1 fully saturated rings. The Labute approximate surface area is 143 Å². The van der Waals surface area contributed by atoms with Gasteiger partial charge >= 0.3 is 0 Å². The lowest BCUT2D eigenvalue weighted by Gasteiger charge is -2.22. The van der Waals surface area contributed by atoms with Crippen LogP contribution in [0, 0.1) is 0 Å². The maximum absolute atomic E-state index is 12.1. The van der Waals surface area contributed by atoms with E-state index >= 15 is 0 Å². The number of thiazole rings is 1. The Morgan fingerprint density at radius 2 is 2.04 bits per heavy atom. The topological polar surface area (TPSA) is 71.1 Å². The zero-order valence-electron chi connectivity index (χ0n) is 12.7. The van der Waals surface area contributed by atoms with Gasteiger partial charge in [-0.15, -0.1) is 11.3 Å². The lowest BCUT2D eigenvalue weighted by Crippen LogP contribution is -2.37. The summed E-state index contributed by atoms with van der Waals surface area (Å²) in [6.45, 7) is 0. The molecule has 23 heavy (non-hydrogen) atoms. The molecular formula is C16H19N3O2S2. The molecule has 1 aliphatic rings. The molecule has 0 radical (unpaired) electrons. The maximum Gasteiger partial charge on any atom is 0.258 e. The van der Waals surface area contributed by atoms with Crippen LogP contribution in [-0.4, -0.2) is 22.8 Å². The SMILES string of the molecule is O=C(Cc1csc(NC(=O)c2ccsc2)n1)NC1CCCCC1. The number of nitrogens with zero attached hydrogens (tertiary/aromatic N) is 1. The van der Waals surface area contributed by atoms with Crippen LogP contribution in [0.1, 0.15) is 48.2 Å². The Kier molecular flexibility index (Phi) is 5.40. The van der Waals surface area contributed by atoms with Crippen LogP contribution in [-0.2, 0) is 11.2 Å². The third-order valence-corrected chi connectivity index (χ3v) is 5.36. The molecule has 0 atom stereocenters. The number of hydrogen-bond acceptors (Lipinski definition) is 5. The van der Waals surface area contributed by atoms with Crippen molar-refractivity contribution in [2.24, 2.45) is 0 Å². The molecule has 0 bridgehead atoms. The van der Waals surface area contributed by atoms with E-state index in [1.807, 2.05) is 10.8 Å². The summed E-state index contributed by atoms with van der Waals surface area (Å²) in [6, 6.07) is 2.08. The second-order valence-electron chi connectivity index (χ2n) is 5.69. The molecule has 3 rings (SSSR count). The molecule has 2 heterocycles.